The van der Waals surface area contributed by atoms with Crippen molar-refractivity contribution in [2.75, 3.05) is 18.1 Å². The number of carbonyl (C=O) groups is 2. The highest BCUT2D eigenvalue weighted by Crippen LogP contribution is 2.51. The molecule has 248 valence electrons. The van der Waals surface area contributed by atoms with Crippen LogP contribution in [0.15, 0.2) is 119 Å². The highest BCUT2D eigenvalue weighted by atomic mass is 79.9. The molecule has 1 N–H and O–H groups in total. The van der Waals surface area contributed by atoms with E-state index in [1.807, 2.05) is 72.8 Å². The van der Waals surface area contributed by atoms with Crippen LogP contribution in [0.1, 0.15) is 30.4 Å². The molecule has 10 heteroatoms. The number of imide groups is 1. The molecule has 4 atom stereocenters. The van der Waals surface area contributed by atoms with E-state index in [-0.39, 0.29) is 54.2 Å². The summed E-state index contributed by atoms with van der Waals surface area (Å²) in [6.07, 6.45) is 3.21. The summed E-state index contributed by atoms with van der Waals surface area (Å²) in [6, 6.07) is 30.4. The number of anilines is 1. The molecule has 2 saturated heterocycles. The number of nitro groups is 1. The number of aromatic hydroxyl groups is 1. The zero-order valence-corrected chi connectivity index (χ0v) is 28.0. The van der Waals surface area contributed by atoms with Gasteiger partial charge in [0, 0.05) is 28.1 Å². The molecule has 2 aliphatic heterocycles. The van der Waals surface area contributed by atoms with E-state index in [9.17, 15) is 24.8 Å². The summed E-state index contributed by atoms with van der Waals surface area (Å²) in [4.78, 5) is 40.1. The lowest BCUT2D eigenvalue weighted by Crippen LogP contribution is -2.35. The molecule has 0 aromatic heterocycles. The maximum atomic E-state index is 14.1. The molecule has 7 rings (SSSR count). The Bertz CT molecular complexity index is 1980. The van der Waals surface area contributed by atoms with E-state index < -0.39 is 16.8 Å². The molecule has 2 amide bonds. The SMILES string of the molecule is O=C1[C@@H]2[C@@H](CC(COc3ccccc3)=C3[C@@H](CC/C(=C/c4cc(Br)ccc4O)c4ccccc4)OC[C@@H]32)C(=O)N1c1cccc([N+](=O)[O-])c1. The third-order valence-electron chi connectivity index (χ3n) is 9.60. The van der Waals surface area contributed by atoms with Crippen molar-refractivity contribution >= 4 is 50.8 Å². The number of para-hydroxylation sites is 1. The van der Waals surface area contributed by atoms with E-state index in [2.05, 4.69) is 15.9 Å². The monoisotopic (exact) mass is 720 g/mol. The number of non-ortho nitro benzene ring substituents is 1. The second kappa shape index (κ2) is 13.8. The number of hydrogen-bond acceptors (Lipinski definition) is 7. The van der Waals surface area contributed by atoms with Crippen LogP contribution in [0.3, 0.4) is 0 Å². The van der Waals surface area contributed by atoms with Gasteiger partial charge < -0.3 is 14.6 Å². The molecule has 1 aliphatic carbocycles. The van der Waals surface area contributed by atoms with Gasteiger partial charge in [-0.15, -0.1) is 0 Å². The summed E-state index contributed by atoms with van der Waals surface area (Å²) in [5, 5.41) is 22.1. The number of nitro benzene ring substituents is 1. The third kappa shape index (κ3) is 6.54. The van der Waals surface area contributed by atoms with Gasteiger partial charge in [-0.25, -0.2) is 4.90 Å². The number of carbonyl (C=O) groups excluding carboxylic acids is 2. The first-order chi connectivity index (χ1) is 23.8. The number of rotatable bonds is 10. The van der Waals surface area contributed by atoms with Crippen LogP contribution in [0.4, 0.5) is 11.4 Å². The Labute approximate surface area is 291 Å². The van der Waals surface area contributed by atoms with E-state index in [0.29, 0.717) is 30.6 Å². The van der Waals surface area contributed by atoms with Gasteiger partial charge in [0.05, 0.1) is 35.2 Å². The molecule has 9 nitrogen and oxygen atoms in total. The predicted molar refractivity (Wildman–Crippen MR) is 189 cm³/mol. The minimum absolute atomic E-state index is 0.174. The molecule has 3 aliphatic rings. The first kappa shape index (κ1) is 32.5. The van der Waals surface area contributed by atoms with E-state index in [4.69, 9.17) is 9.47 Å². The number of phenols is 1. The fraction of sp³-hybridized carbons (Fsp3) is 0.231. The number of ether oxygens (including phenoxy) is 2. The van der Waals surface area contributed by atoms with Gasteiger partial charge in [-0.1, -0.05) is 70.5 Å². The van der Waals surface area contributed by atoms with Crippen molar-refractivity contribution in [3.8, 4) is 11.5 Å². The quantitative estimate of drug-likeness (QED) is 0.0580. The van der Waals surface area contributed by atoms with Crippen LogP contribution in [-0.2, 0) is 14.3 Å². The molecular weight excluding hydrogens is 688 g/mol. The van der Waals surface area contributed by atoms with Crippen molar-refractivity contribution in [2.45, 2.75) is 25.4 Å². The number of benzene rings is 4. The summed E-state index contributed by atoms with van der Waals surface area (Å²) in [5.41, 5.74) is 4.67. The molecular formula is C39H33BrN2O7. The fourth-order valence-electron chi connectivity index (χ4n) is 7.36. The van der Waals surface area contributed by atoms with Crippen molar-refractivity contribution < 1.29 is 29.1 Å². The van der Waals surface area contributed by atoms with Gasteiger partial charge >= 0.3 is 0 Å². The van der Waals surface area contributed by atoms with Gasteiger partial charge in [0.2, 0.25) is 11.8 Å². The standard InChI is InChI=1S/C39H33BrN2O7/c40-28-15-16-34(43)26(19-28)18-25(24-8-3-1-4-9-24)14-17-35-36-27(22-48-31-12-5-2-6-13-31)20-32-37(33(36)23-49-35)39(45)41(38(32)44)29-10-7-11-30(21-29)42(46)47/h1-13,15-16,18-19,21,32-33,35,37,43H,14,17,20,22-23H2/b25-18-/t32-,33+,35-,37-/m1/s1. The summed E-state index contributed by atoms with van der Waals surface area (Å²) in [7, 11) is 0. The Morgan fingerprint density at radius 1 is 0.959 bits per heavy atom. The number of allylic oxidation sites excluding steroid dienone is 1. The minimum atomic E-state index is -0.644. The van der Waals surface area contributed by atoms with E-state index in [1.54, 1.807) is 18.2 Å². The maximum absolute atomic E-state index is 14.1. The van der Waals surface area contributed by atoms with Gasteiger partial charge in [0.1, 0.15) is 18.1 Å². The van der Waals surface area contributed by atoms with Gasteiger partial charge in [-0.3, -0.25) is 19.7 Å². The van der Waals surface area contributed by atoms with E-state index in [1.165, 1.54) is 18.2 Å². The Balaban J connectivity index is 1.21. The first-order valence-corrected chi connectivity index (χ1v) is 17.0. The number of phenolic OH excluding ortho intramolecular Hbond substituents is 1. The lowest BCUT2D eigenvalue weighted by molar-refractivity contribution is -0.384. The topological polar surface area (TPSA) is 119 Å². The van der Waals surface area contributed by atoms with Crippen LogP contribution >= 0.6 is 15.9 Å². The molecule has 2 heterocycles. The molecule has 0 radical (unpaired) electrons. The molecule has 4 aromatic rings. The normalized spacial score (nSPS) is 21.9. The number of halogens is 1. The predicted octanol–water partition coefficient (Wildman–Crippen LogP) is 7.98. The number of fused-ring (bicyclic) bond motifs is 3. The van der Waals surface area contributed by atoms with Gasteiger partial charge in [-0.2, -0.15) is 0 Å². The van der Waals surface area contributed by atoms with Crippen molar-refractivity contribution in [1.82, 2.24) is 0 Å². The fourth-order valence-corrected chi connectivity index (χ4v) is 7.74. The van der Waals surface area contributed by atoms with E-state index in [0.717, 1.165) is 31.7 Å². The molecule has 4 aromatic carbocycles. The van der Waals surface area contributed by atoms with Crippen LogP contribution in [-0.4, -0.2) is 41.2 Å². The summed E-state index contributed by atoms with van der Waals surface area (Å²) in [6.45, 7) is 0.513. The Kier molecular flexibility index (Phi) is 9.16. The van der Waals surface area contributed by atoms with Gasteiger partial charge in [-0.05, 0) is 84.0 Å². The number of amides is 2. The van der Waals surface area contributed by atoms with Crippen LogP contribution in [0.2, 0.25) is 0 Å². The van der Waals surface area contributed by atoms with Crippen molar-refractivity contribution in [1.29, 1.82) is 0 Å². The first-order valence-electron chi connectivity index (χ1n) is 16.2. The second-order valence-electron chi connectivity index (χ2n) is 12.5. The lowest BCUT2D eigenvalue weighted by atomic mass is 9.69. The zero-order valence-electron chi connectivity index (χ0n) is 26.4. The maximum Gasteiger partial charge on any atom is 0.271 e. The highest BCUT2D eigenvalue weighted by molar-refractivity contribution is 9.10. The van der Waals surface area contributed by atoms with Gasteiger partial charge in [0.25, 0.3) is 5.69 Å². The smallest absolute Gasteiger partial charge is 0.271 e. The average Bonchev–Trinajstić information content (AvgIpc) is 3.65. The zero-order chi connectivity index (χ0) is 34.1. The minimum Gasteiger partial charge on any atom is -0.507 e. The summed E-state index contributed by atoms with van der Waals surface area (Å²) in [5.74, 6) is -1.46. The van der Waals surface area contributed by atoms with Crippen LogP contribution in [0.5, 0.6) is 11.5 Å². The molecule has 2 fully saturated rings. The van der Waals surface area contributed by atoms with E-state index >= 15 is 0 Å². The van der Waals surface area contributed by atoms with Crippen LogP contribution in [0.25, 0.3) is 11.6 Å². The third-order valence-corrected chi connectivity index (χ3v) is 10.1. The Hall–Kier alpha value is -5.06. The molecule has 0 bridgehead atoms. The highest BCUT2D eigenvalue weighted by Gasteiger charge is 2.57. The van der Waals surface area contributed by atoms with Crippen molar-refractivity contribution in [3.05, 3.63) is 140 Å². The van der Waals surface area contributed by atoms with Crippen LogP contribution in [0, 0.1) is 27.9 Å². The second-order valence-corrected chi connectivity index (χ2v) is 13.4. The molecule has 0 saturated carbocycles. The van der Waals surface area contributed by atoms with Crippen molar-refractivity contribution in [3.63, 3.8) is 0 Å². The molecule has 0 unspecified atom stereocenters. The number of hydrogen-bond donors (Lipinski definition) is 1. The average molecular weight is 722 g/mol. The van der Waals surface area contributed by atoms with Gasteiger partial charge in [0.15, 0.2) is 0 Å². The Morgan fingerprint density at radius 3 is 2.47 bits per heavy atom. The lowest BCUT2D eigenvalue weighted by Gasteiger charge is -2.31. The molecule has 49 heavy (non-hydrogen) atoms. The largest absolute Gasteiger partial charge is 0.507 e. The summed E-state index contributed by atoms with van der Waals surface area (Å²) < 4.78 is 13.6. The molecule has 0 spiro atoms. The number of nitrogens with zero attached hydrogens (tertiary/aromatic N) is 2. The van der Waals surface area contributed by atoms with Crippen molar-refractivity contribution in [2.24, 2.45) is 17.8 Å². The summed E-state index contributed by atoms with van der Waals surface area (Å²) >= 11 is 3.51. The van der Waals surface area contributed by atoms with Crippen LogP contribution < -0.4 is 9.64 Å². The Morgan fingerprint density at radius 2 is 1.71 bits per heavy atom.